The summed E-state index contributed by atoms with van der Waals surface area (Å²) in [7, 11) is 0. The van der Waals surface area contributed by atoms with E-state index in [4.69, 9.17) is 5.73 Å². The van der Waals surface area contributed by atoms with Crippen molar-refractivity contribution in [3.8, 4) is 5.75 Å². The van der Waals surface area contributed by atoms with Crippen molar-refractivity contribution in [3.63, 3.8) is 0 Å². The third-order valence-corrected chi connectivity index (χ3v) is 3.11. The molecule has 0 fully saturated rings. The quantitative estimate of drug-likeness (QED) is 0.773. The topological polar surface area (TPSA) is 71.2 Å². The molecule has 4 N–H and O–H groups in total. The standard InChI is InChI=1S/C14H19N3O/c1-9(2)13(15)8-17-14-12-7-11(18)4-3-10(12)5-6-16-14/h3-7,9,13,18H,8,15H2,1-2H3,(H,16,17). The lowest BCUT2D eigenvalue weighted by molar-refractivity contribution is 0.476. The monoisotopic (exact) mass is 245 g/mol. The number of rotatable bonds is 4. The van der Waals surface area contributed by atoms with E-state index in [-0.39, 0.29) is 11.8 Å². The first-order valence-corrected chi connectivity index (χ1v) is 6.15. The largest absolute Gasteiger partial charge is 0.508 e. The van der Waals surface area contributed by atoms with Crippen molar-refractivity contribution in [2.75, 3.05) is 11.9 Å². The van der Waals surface area contributed by atoms with Crippen LogP contribution in [0.5, 0.6) is 5.75 Å². The van der Waals surface area contributed by atoms with E-state index in [1.807, 2.05) is 12.1 Å². The van der Waals surface area contributed by atoms with E-state index >= 15 is 0 Å². The molecule has 0 aliphatic heterocycles. The Labute approximate surface area is 107 Å². The van der Waals surface area contributed by atoms with Crippen molar-refractivity contribution in [2.45, 2.75) is 19.9 Å². The van der Waals surface area contributed by atoms with Gasteiger partial charge in [0.1, 0.15) is 11.6 Å². The highest BCUT2D eigenvalue weighted by molar-refractivity contribution is 5.92. The van der Waals surface area contributed by atoms with Crippen molar-refractivity contribution in [1.29, 1.82) is 0 Å². The average molecular weight is 245 g/mol. The highest BCUT2D eigenvalue weighted by Crippen LogP contribution is 2.25. The number of phenolic OH excluding ortho intramolecular Hbond substituents is 1. The summed E-state index contributed by atoms with van der Waals surface area (Å²) >= 11 is 0. The molecule has 1 atom stereocenters. The van der Waals surface area contributed by atoms with Gasteiger partial charge in [-0.1, -0.05) is 19.9 Å². The van der Waals surface area contributed by atoms with Crippen LogP contribution < -0.4 is 11.1 Å². The average Bonchev–Trinajstić information content (AvgIpc) is 2.35. The van der Waals surface area contributed by atoms with Crippen LogP contribution in [0.2, 0.25) is 0 Å². The van der Waals surface area contributed by atoms with Gasteiger partial charge in [0.25, 0.3) is 0 Å². The van der Waals surface area contributed by atoms with Crippen LogP contribution in [0.25, 0.3) is 10.8 Å². The fourth-order valence-electron chi connectivity index (χ4n) is 1.75. The number of aromatic hydroxyl groups is 1. The molecule has 4 nitrogen and oxygen atoms in total. The summed E-state index contributed by atoms with van der Waals surface area (Å²) in [5, 5.41) is 14.7. The van der Waals surface area contributed by atoms with E-state index in [2.05, 4.69) is 24.1 Å². The Kier molecular flexibility index (Phi) is 3.67. The molecule has 0 aliphatic rings. The zero-order chi connectivity index (χ0) is 13.1. The normalized spacial score (nSPS) is 12.9. The number of aromatic nitrogens is 1. The molecule has 1 unspecified atom stereocenters. The molecule has 0 spiro atoms. The first-order valence-electron chi connectivity index (χ1n) is 6.15. The second-order valence-corrected chi connectivity index (χ2v) is 4.85. The van der Waals surface area contributed by atoms with Crippen LogP contribution in [0.1, 0.15) is 13.8 Å². The molecule has 1 aromatic carbocycles. The molecule has 0 bridgehead atoms. The zero-order valence-corrected chi connectivity index (χ0v) is 10.7. The fourth-order valence-corrected chi connectivity index (χ4v) is 1.75. The molecular weight excluding hydrogens is 226 g/mol. The Morgan fingerprint density at radius 1 is 1.33 bits per heavy atom. The van der Waals surface area contributed by atoms with E-state index in [1.165, 1.54) is 0 Å². The van der Waals surface area contributed by atoms with Gasteiger partial charge in [0.05, 0.1) is 0 Å². The van der Waals surface area contributed by atoms with Gasteiger partial charge in [-0.2, -0.15) is 0 Å². The van der Waals surface area contributed by atoms with Gasteiger partial charge >= 0.3 is 0 Å². The predicted octanol–water partition coefficient (Wildman–Crippen LogP) is 2.34. The summed E-state index contributed by atoms with van der Waals surface area (Å²) in [5.74, 6) is 1.42. The zero-order valence-electron chi connectivity index (χ0n) is 10.7. The number of hydrogen-bond acceptors (Lipinski definition) is 4. The molecule has 96 valence electrons. The molecule has 0 saturated carbocycles. The van der Waals surface area contributed by atoms with Crippen LogP contribution in [0.4, 0.5) is 5.82 Å². The number of phenols is 1. The van der Waals surface area contributed by atoms with Gasteiger partial charge in [-0.05, 0) is 29.5 Å². The number of nitrogens with zero attached hydrogens (tertiary/aromatic N) is 1. The highest BCUT2D eigenvalue weighted by atomic mass is 16.3. The van der Waals surface area contributed by atoms with E-state index in [9.17, 15) is 5.11 Å². The van der Waals surface area contributed by atoms with E-state index in [0.717, 1.165) is 16.6 Å². The molecule has 0 radical (unpaired) electrons. The first-order chi connectivity index (χ1) is 8.58. The molecule has 4 heteroatoms. The minimum Gasteiger partial charge on any atom is -0.508 e. The maximum Gasteiger partial charge on any atom is 0.134 e. The lowest BCUT2D eigenvalue weighted by Gasteiger charge is -2.17. The van der Waals surface area contributed by atoms with Crippen LogP contribution in [-0.4, -0.2) is 22.7 Å². The van der Waals surface area contributed by atoms with Crippen molar-refractivity contribution in [1.82, 2.24) is 4.98 Å². The van der Waals surface area contributed by atoms with Crippen molar-refractivity contribution >= 4 is 16.6 Å². The van der Waals surface area contributed by atoms with E-state index < -0.39 is 0 Å². The minimum atomic E-state index is 0.0827. The Balaban J connectivity index is 2.25. The van der Waals surface area contributed by atoms with E-state index in [0.29, 0.717) is 12.5 Å². The molecular formula is C14H19N3O. The van der Waals surface area contributed by atoms with Gasteiger partial charge < -0.3 is 16.2 Å². The smallest absolute Gasteiger partial charge is 0.134 e. The lowest BCUT2D eigenvalue weighted by Crippen LogP contribution is -2.34. The van der Waals surface area contributed by atoms with Crippen LogP contribution in [0.3, 0.4) is 0 Å². The van der Waals surface area contributed by atoms with Crippen LogP contribution in [0.15, 0.2) is 30.5 Å². The van der Waals surface area contributed by atoms with Gasteiger partial charge in [-0.3, -0.25) is 0 Å². The maximum atomic E-state index is 9.54. The second kappa shape index (κ2) is 5.23. The summed E-state index contributed by atoms with van der Waals surface area (Å²) in [4.78, 5) is 4.30. The second-order valence-electron chi connectivity index (χ2n) is 4.85. The molecule has 1 heterocycles. The van der Waals surface area contributed by atoms with Crippen molar-refractivity contribution in [3.05, 3.63) is 30.5 Å². The van der Waals surface area contributed by atoms with Crippen LogP contribution in [0, 0.1) is 5.92 Å². The number of pyridine rings is 1. The fraction of sp³-hybridized carbons (Fsp3) is 0.357. The van der Waals surface area contributed by atoms with E-state index in [1.54, 1.807) is 18.3 Å². The van der Waals surface area contributed by atoms with Crippen LogP contribution in [-0.2, 0) is 0 Å². The summed E-state index contributed by atoms with van der Waals surface area (Å²) in [6.45, 7) is 4.85. The van der Waals surface area contributed by atoms with Crippen molar-refractivity contribution < 1.29 is 5.11 Å². The van der Waals surface area contributed by atoms with Crippen molar-refractivity contribution in [2.24, 2.45) is 11.7 Å². The molecule has 0 amide bonds. The maximum absolute atomic E-state index is 9.54. The number of hydrogen-bond donors (Lipinski definition) is 3. The number of anilines is 1. The Bertz CT molecular complexity index is 540. The van der Waals surface area contributed by atoms with Crippen LogP contribution >= 0.6 is 0 Å². The first kappa shape index (κ1) is 12.6. The lowest BCUT2D eigenvalue weighted by atomic mass is 10.1. The summed E-state index contributed by atoms with van der Waals surface area (Å²) in [6.07, 6.45) is 1.75. The molecule has 18 heavy (non-hydrogen) atoms. The third kappa shape index (κ3) is 2.71. The molecule has 2 rings (SSSR count). The minimum absolute atomic E-state index is 0.0827. The number of nitrogens with one attached hydrogen (secondary N) is 1. The Morgan fingerprint density at radius 2 is 2.11 bits per heavy atom. The number of nitrogens with two attached hydrogens (primary N) is 1. The Hall–Kier alpha value is -1.81. The highest BCUT2D eigenvalue weighted by Gasteiger charge is 2.09. The third-order valence-electron chi connectivity index (χ3n) is 3.11. The SMILES string of the molecule is CC(C)C(N)CNc1nccc2ccc(O)cc12. The Morgan fingerprint density at radius 3 is 2.83 bits per heavy atom. The molecule has 2 aromatic rings. The molecule has 1 aromatic heterocycles. The molecule has 0 saturated heterocycles. The summed E-state index contributed by atoms with van der Waals surface area (Å²) in [5.41, 5.74) is 6.00. The van der Waals surface area contributed by atoms with Gasteiger partial charge in [-0.15, -0.1) is 0 Å². The predicted molar refractivity (Wildman–Crippen MR) is 74.7 cm³/mol. The van der Waals surface area contributed by atoms with Gasteiger partial charge in [-0.25, -0.2) is 4.98 Å². The number of fused-ring (bicyclic) bond motifs is 1. The van der Waals surface area contributed by atoms with Gasteiger partial charge in [0, 0.05) is 24.2 Å². The summed E-state index contributed by atoms with van der Waals surface area (Å²) in [6, 6.07) is 7.26. The molecule has 0 aliphatic carbocycles. The van der Waals surface area contributed by atoms with Gasteiger partial charge in [0.15, 0.2) is 0 Å². The summed E-state index contributed by atoms with van der Waals surface area (Å²) < 4.78 is 0. The number of benzene rings is 1. The van der Waals surface area contributed by atoms with Gasteiger partial charge in [0.2, 0.25) is 0 Å².